The maximum absolute atomic E-state index is 11.4. The summed E-state index contributed by atoms with van der Waals surface area (Å²) in [6.07, 6.45) is 1.24. The lowest BCUT2D eigenvalue weighted by Crippen LogP contribution is -2.47. The first-order valence-electron chi connectivity index (χ1n) is 5.98. The molecule has 106 valence electrons. The fourth-order valence-electron chi connectivity index (χ4n) is 2.13. The topological polar surface area (TPSA) is 40.6 Å². The molecular formula is C12H16Cl2N2O2S. The molecule has 0 radical (unpaired) electrons. The van der Waals surface area contributed by atoms with Gasteiger partial charge in [-0.3, -0.25) is 4.90 Å². The van der Waals surface area contributed by atoms with Crippen molar-refractivity contribution in [2.24, 2.45) is 0 Å². The highest BCUT2D eigenvalue weighted by atomic mass is 35.5. The van der Waals surface area contributed by atoms with E-state index in [2.05, 4.69) is 4.90 Å². The third-order valence-corrected chi connectivity index (χ3v) is 5.26. The normalized spacial score (nSPS) is 18.7. The molecule has 4 nitrogen and oxygen atoms in total. The van der Waals surface area contributed by atoms with E-state index in [0.29, 0.717) is 42.8 Å². The molecular weight excluding hydrogens is 307 g/mol. The molecule has 2 rings (SSSR count). The van der Waals surface area contributed by atoms with Crippen LogP contribution in [-0.2, 0) is 16.6 Å². The lowest BCUT2D eigenvalue weighted by molar-refractivity contribution is 0.182. The highest BCUT2D eigenvalue weighted by Crippen LogP contribution is 2.26. The van der Waals surface area contributed by atoms with Crippen molar-refractivity contribution in [1.29, 1.82) is 0 Å². The summed E-state index contributed by atoms with van der Waals surface area (Å²) in [7, 11) is -3.08. The zero-order valence-corrected chi connectivity index (χ0v) is 13.0. The molecule has 7 heteroatoms. The van der Waals surface area contributed by atoms with Crippen molar-refractivity contribution in [1.82, 2.24) is 9.21 Å². The summed E-state index contributed by atoms with van der Waals surface area (Å²) in [6.45, 7) is 3.06. The predicted octanol–water partition coefficient (Wildman–Crippen LogP) is 2.07. The molecule has 0 saturated carbocycles. The van der Waals surface area contributed by atoms with Crippen LogP contribution < -0.4 is 0 Å². The molecule has 1 fully saturated rings. The van der Waals surface area contributed by atoms with Crippen LogP contribution in [0.25, 0.3) is 0 Å². The summed E-state index contributed by atoms with van der Waals surface area (Å²) in [5, 5.41) is 1.30. The van der Waals surface area contributed by atoms with Crippen LogP contribution in [0.2, 0.25) is 10.0 Å². The van der Waals surface area contributed by atoms with E-state index >= 15 is 0 Å². The second-order valence-electron chi connectivity index (χ2n) is 4.64. The Morgan fingerprint density at radius 1 is 1.11 bits per heavy atom. The van der Waals surface area contributed by atoms with Gasteiger partial charge >= 0.3 is 0 Å². The van der Waals surface area contributed by atoms with Gasteiger partial charge in [-0.1, -0.05) is 29.3 Å². The molecule has 0 N–H and O–H groups in total. The van der Waals surface area contributed by atoms with Gasteiger partial charge in [-0.25, -0.2) is 8.42 Å². The highest BCUT2D eigenvalue weighted by molar-refractivity contribution is 7.88. The Bertz CT molecular complexity index is 535. The van der Waals surface area contributed by atoms with Crippen LogP contribution in [0.4, 0.5) is 0 Å². The third kappa shape index (κ3) is 3.83. The third-order valence-electron chi connectivity index (χ3n) is 3.24. The summed E-state index contributed by atoms with van der Waals surface area (Å²) in [4.78, 5) is 2.16. The fourth-order valence-corrected chi connectivity index (χ4v) is 3.47. The van der Waals surface area contributed by atoms with Crippen LogP contribution in [0.3, 0.4) is 0 Å². The monoisotopic (exact) mass is 322 g/mol. The summed E-state index contributed by atoms with van der Waals surface area (Å²) >= 11 is 12.3. The van der Waals surface area contributed by atoms with Gasteiger partial charge < -0.3 is 0 Å². The molecule has 0 aliphatic carbocycles. The van der Waals surface area contributed by atoms with E-state index in [1.54, 1.807) is 0 Å². The number of hydrogen-bond donors (Lipinski definition) is 0. The number of nitrogens with zero attached hydrogens (tertiary/aromatic N) is 2. The zero-order valence-electron chi connectivity index (χ0n) is 10.6. The second kappa shape index (κ2) is 5.97. The number of sulfonamides is 1. The molecule has 0 aromatic heterocycles. The second-order valence-corrected chi connectivity index (χ2v) is 7.44. The summed E-state index contributed by atoms with van der Waals surface area (Å²) < 4.78 is 24.3. The van der Waals surface area contributed by atoms with Crippen molar-refractivity contribution >= 4 is 33.2 Å². The van der Waals surface area contributed by atoms with Gasteiger partial charge in [-0.2, -0.15) is 4.31 Å². The average Bonchev–Trinajstić information content (AvgIpc) is 2.33. The van der Waals surface area contributed by atoms with Crippen molar-refractivity contribution in [3.8, 4) is 0 Å². The molecule has 0 unspecified atom stereocenters. The van der Waals surface area contributed by atoms with E-state index in [-0.39, 0.29) is 0 Å². The molecule has 0 atom stereocenters. The fraction of sp³-hybridized carbons (Fsp3) is 0.500. The predicted molar refractivity (Wildman–Crippen MR) is 78.2 cm³/mol. The molecule has 0 amide bonds. The molecule has 0 spiro atoms. The Labute approximate surface area is 124 Å². The largest absolute Gasteiger partial charge is 0.296 e. The first-order valence-corrected chi connectivity index (χ1v) is 8.59. The minimum atomic E-state index is -3.08. The summed E-state index contributed by atoms with van der Waals surface area (Å²) in [6, 6.07) is 5.45. The standard InChI is InChI=1S/C12H16Cl2N2O2S/c1-19(17,18)16-7-5-15(6-8-16)9-10-11(13)3-2-4-12(10)14/h2-4H,5-9H2,1H3. The van der Waals surface area contributed by atoms with Crippen LogP contribution >= 0.6 is 23.2 Å². The molecule has 1 aliphatic rings. The number of piperazine rings is 1. The SMILES string of the molecule is CS(=O)(=O)N1CCN(Cc2c(Cl)cccc2Cl)CC1. The van der Waals surface area contributed by atoms with Crippen molar-refractivity contribution in [2.45, 2.75) is 6.54 Å². The Morgan fingerprint density at radius 2 is 1.63 bits per heavy atom. The smallest absolute Gasteiger partial charge is 0.211 e. The van der Waals surface area contributed by atoms with Crippen molar-refractivity contribution in [3.05, 3.63) is 33.8 Å². The minimum Gasteiger partial charge on any atom is -0.296 e. The van der Waals surface area contributed by atoms with Crippen LogP contribution in [0, 0.1) is 0 Å². The van der Waals surface area contributed by atoms with E-state index < -0.39 is 10.0 Å². The van der Waals surface area contributed by atoms with E-state index in [1.807, 2.05) is 18.2 Å². The van der Waals surface area contributed by atoms with Gasteiger partial charge in [0, 0.05) is 48.3 Å². The maximum Gasteiger partial charge on any atom is 0.211 e. The number of benzene rings is 1. The Balaban J connectivity index is 2.00. The molecule has 1 aliphatic heterocycles. The van der Waals surface area contributed by atoms with Gasteiger partial charge in [0.05, 0.1) is 6.26 Å². The van der Waals surface area contributed by atoms with E-state index in [4.69, 9.17) is 23.2 Å². The first kappa shape index (κ1) is 15.1. The van der Waals surface area contributed by atoms with Crippen LogP contribution in [0.5, 0.6) is 0 Å². The maximum atomic E-state index is 11.4. The van der Waals surface area contributed by atoms with Gasteiger partial charge in [0.2, 0.25) is 10.0 Å². The number of halogens is 2. The number of rotatable bonds is 3. The van der Waals surface area contributed by atoms with Crippen molar-refractivity contribution in [2.75, 3.05) is 32.4 Å². The minimum absolute atomic E-state index is 0.515. The molecule has 0 bridgehead atoms. The van der Waals surface area contributed by atoms with Crippen LogP contribution in [-0.4, -0.2) is 50.1 Å². The van der Waals surface area contributed by atoms with Crippen molar-refractivity contribution < 1.29 is 8.42 Å². The summed E-state index contributed by atoms with van der Waals surface area (Å²) in [5.41, 5.74) is 0.902. The van der Waals surface area contributed by atoms with Gasteiger partial charge in [-0.15, -0.1) is 0 Å². The number of hydrogen-bond acceptors (Lipinski definition) is 3. The lowest BCUT2D eigenvalue weighted by Gasteiger charge is -2.33. The van der Waals surface area contributed by atoms with Gasteiger partial charge in [0.25, 0.3) is 0 Å². The van der Waals surface area contributed by atoms with Gasteiger partial charge in [0.1, 0.15) is 0 Å². The van der Waals surface area contributed by atoms with E-state index in [9.17, 15) is 8.42 Å². The summed E-state index contributed by atoms with van der Waals surface area (Å²) in [5.74, 6) is 0. The molecule has 1 aromatic carbocycles. The first-order chi connectivity index (χ1) is 8.88. The molecule has 1 heterocycles. The Morgan fingerprint density at radius 3 is 2.11 bits per heavy atom. The Hall–Kier alpha value is -0.330. The van der Waals surface area contributed by atoms with Crippen LogP contribution in [0.15, 0.2) is 18.2 Å². The molecule has 19 heavy (non-hydrogen) atoms. The van der Waals surface area contributed by atoms with E-state index in [1.165, 1.54) is 10.6 Å². The molecule has 1 saturated heterocycles. The van der Waals surface area contributed by atoms with Gasteiger partial charge in [-0.05, 0) is 12.1 Å². The van der Waals surface area contributed by atoms with Crippen molar-refractivity contribution in [3.63, 3.8) is 0 Å². The average molecular weight is 323 g/mol. The zero-order chi connectivity index (χ0) is 14.0. The lowest BCUT2D eigenvalue weighted by atomic mass is 10.2. The van der Waals surface area contributed by atoms with Gasteiger partial charge in [0.15, 0.2) is 0 Å². The quantitative estimate of drug-likeness (QED) is 0.855. The molecule has 1 aromatic rings. The Kier molecular flexibility index (Phi) is 4.74. The van der Waals surface area contributed by atoms with Crippen LogP contribution in [0.1, 0.15) is 5.56 Å². The van der Waals surface area contributed by atoms with E-state index in [0.717, 1.165) is 5.56 Å². The highest BCUT2D eigenvalue weighted by Gasteiger charge is 2.24.